The first kappa shape index (κ1) is 19.0. The van der Waals surface area contributed by atoms with Crippen LogP contribution in [0.25, 0.3) is 0 Å². The Balaban J connectivity index is 1.59. The molecule has 0 aromatic heterocycles. The Morgan fingerprint density at radius 1 is 1.15 bits per heavy atom. The van der Waals surface area contributed by atoms with Gasteiger partial charge in [0.25, 0.3) is 5.91 Å². The van der Waals surface area contributed by atoms with E-state index in [-0.39, 0.29) is 17.7 Å². The van der Waals surface area contributed by atoms with Crippen LogP contribution in [0.5, 0.6) is 5.75 Å². The van der Waals surface area contributed by atoms with Crippen LogP contribution in [-0.2, 0) is 11.3 Å². The first-order valence-electron chi connectivity index (χ1n) is 9.34. The minimum absolute atomic E-state index is 0.00257. The second-order valence-corrected chi connectivity index (χ2v) is 6.99. The summed E-state index contributed by atoms with van der Waals surface area (Å²) in [5.41, 5.74) is 2.74. The van der Waals surface area contributed by atoms with Crippen molar-refractivity contribution >= 4 is 11.8 Å². The standard InChI is InChI=1S/C22H26N2O3/c1-16-9-11-17(12-10-16)22(26)24-13-5-7-19(15-24)21(25)23-14-18-6-3-4-8-20(18)27-2/h3-4,6,8-12,19H,5,7,13-15H2,1-2H3,(H,23,25). The molecule has 0 saturated carbocycles. The van der Waals surface area contributed by atoms with Gasteiger partial charge in [-0.3, -0.25) is 9.59 Å². The first-order chi connectivity index (χ1) is 13.1. The molecular formula is C22H26N2O3. The Morgan fingerprint density at radius 2 is 1.89 bits per heavy atom. The number of carbonyl (C=O) groups excluding carboxylic acids is 2. The summed E-state index contributed by atoms with van der Waals surface area (Å²) in [5.74, 6) is 0.569. The number of methoxy groups -OCH3 is 1. The monoisotopic (exact) mass is 366 g/mol. The van der Waals surface area contributed by atoms with Gasteiger partial charge in [0.2, 0.25) is 5.91 Å². The van der Waals surface area contributed by atoms with Crippen molar-refractivity contribution in [1.82, 2.24) is 10.2 Å². The molecule has 0 spiro atoms. The minimum Gasteiger partial charge on any atom is -0.496 e. The van der Waals surface area contributed by atoms with E-state index in [4.69, 9.17) is 4.74 Å². The lowest BCUT2D eigenvalue weighted by Crippen LogP contribution is -2.45. The third kappa shape index (κ3) is 4.67. The van der Waals surface area contributed by atoms with Crippen LogP contribution in [0.4, 0.5) is 0 Å². The number of ether oxygens (including phenoxy) is 1. The maximum absolute atomic E-state index is 12.7. The zero-order chi connectivity index (χ0) is 19.2. The number of benzene rings is 2. The van der Waals surface area contributed by atoms with E-state index in [9.17, 15) is 9.59 Å². The Morgan fingerprint density at radius 3 is 2.63 bits per heavy atom. The number of para-hydroxylation sites is 1. The molecule has 0 radical (unpaired) electrons. The number of aryl methyl sites for hydroxylation is 1. The van der Waals surface area contributed by atoms with Crippen LogP contribution in [0, 0.1) is 12.8 Å². The molecule has 1 atom stereocenters. The third-order valence-electron chi connectivity index (χ3n) is 5.02. The van der Waals surface area contributed by atoms with Gasteiger partial charge in [0.05, 0.1) is 13.0 Å². The number of rotatable bonds is 5. The second kappa shape index (κ2) is 8.71. The molecule has 5 heteroatoms. The van der Waals surface area contributed by atoms with Crippen LogP contribution >= 0.6 is 0 Å². The van der Waals surface area contributed by atoms with Gasteiger partial charge in [-0.15, -0.1) is 0 Å². The summed E-state index contributed by atoms with van der Waals surface area (Å²) in [5, 5.41) is 2.99. The zero-order valence-corrected chi connectivity index (χ0v) is 15.9. The number of carbonyl (C=O) groups is 2. The van der Waals surface area contributed by atoms with Gasteiger partial charge in [-0.1, -0.05) is 35.9 Å². The van der Waals surface area contributed by atoms with Crippen LogP contribution in [0.15, 0.2) is 48.5 Å². The number of hydrogen-bond acceptors (Lipinski definition) is 3. The second-order valence-electron chi connectivity index (χ2n) is 6.99. The average molecular weight is 366 g/mol. The van der Waals surface area contributed by atoms with Crippen molar-refractivity contribution in [3.63, 3.8) is 0 Å². The Bertz CT molecular complexity index is 801. The maximum Gasteiger partial charge on any atom is 0.253 e. The molecule has 0 aliphatic carbocycles. The van der Waals surface area contributed by atoms with Gasteiger partial charge < -0.3 is 15.0 Å². The highest BCUT2D eigenvalue weighted by Crippen LogP contribution is 2.21. The summed E-state index contributed by atoms with van der Waals surface area (Å²) in [6, 6.07) is 15.2. The number of hydrogen-bond donors (Lipinski definition) is 1. The largest absolute Gasteiger partial charge is 0.496 e. The number of nitrogens with zero attached hydrogens (tertiary/aromatic N) is 1. The van der Waals surface area contributed by atoms with Crippen LogP contribution in [0.3, 0.4) is 0 Å². The van der Waals surface area contributed by atoms with E-state index in [1.807, 2.05) is 55.5 Å². The third-order valence-corrected chi connectivity index (χ3v) is 5.02. The van der Waals surface area contributed by atoms with Crippen molar-refractivity contribution in [2.45, 2.75) is 26.3 Å². The van der Waals surface area contributed by atoms with Gasteiger partial charge >= 0.3 is 0 Å². The lowest BCUT2D eigenvalue weighted by molar-refractivity contribution is -0.126. The first-order valence-corrected chi connectivity index (χ1v) is 9.34. The summed E-state index contributed by atoms with van der Waals surface area (Å²) >= 11 is 0. The predicted molar refractivity (Wildman–Crippen MR) is 105 cm³/mol. The molecule has 0 bridgehead atoms. The lowest BCUT2D eigenvalue weighted by atomic mass is 9.96. The molecular weight excluding hydrogens is 340 g/mol. The van der Waals surface area contributed by atoms with E-state index in [0.29, 0.717) is 25.2 Å². The fourth-order valence-electron chi connectivity index (χ4n) is 3.43. The Kier molecular flexibility index (Phi) is 6.12. The van der Waals surface area contributed by atoms with Gasteiger partial charge in [-0.2, -0.15) is 0 Å². The van der Waals surface area contributed by atoms with Crippen LogP contribution in [-0.4, -0.2) is 36.9 Å². The summed E-state index contributed by atoms with van der Waals surface area (Å²) in [6.07, 6.45) is 1.64. The SMILES string of the molecule is COc1ccccc1CNC(=O)C1CCCN(C(=O)c2ccc(C)cc2)C1. The molecule has 2 aromatic rings. The molecule has 2 aromatic carbocycles. The molecule has 1 aliphatic rings. The fraction of sp³-hybridized carbons (Fsp3) is 0.364. The molecule has 27 heavy (non-hydrogen) atoms. The highest BCUT2D eigenvalue weighted by molar-refractivity contribution is 5.94. The Hall–Kier alpha value is -2.82. The molecule has 1 fully saturated rings. The molecule has 1 heterocycles. The van der Waals surface area contributed by atoms with E-state index in [1.165, 1.54) is 0 Å². The molecule has 2 amide bonds. The van der Waals surface area contributed by atoms with Crippen molar-refractivity contribution in [2.24, 2.45) is 5.92 Å². The quantitative estimate of drug-likeness (QED) is 0.884. The van der Waals surface area contributed by atoms with Gasteiger partial charge in [-0.25, -0.2) is 0 Å². The average Bonchev–Trinajstić information content (AvgIpc) is 2.72. The number of nitrogens with one attached hydrogen (secondary N) is 1. The maximum atomic E-state index is 12.7. The fourth-order valence-corrected chi connectivity index (χ4v) is 3.43. The highest BCUT2D eigenvalue weighted by atomic mass is 16.5. The molecule has 3 rings (SSSR count). The summed E-state index contributed by atoms with van der Waals surface area (Å²) in [6.45, 7) is 3.58. The summed E-state index contributed by atoms with van der Waals surface area (Å²) < 4.78 is 5.32. The van der Waals surface area contributed by atoms with Crippen molar-refractivity contribution in [3.05, 3.63) is 65.2 Å². The lowest BCUT2D eigenvalue weighted by Gasteiger charge is -2.32. The van der Waals surface area contributed by atoms with E-state index < -0.39 is 0 Å². The van der Waals surface area contributed by atoms with Crippen molar-refractivity contribution in [1.29, 1.82) is 0 Å². The van der Waals surface area contributed by atoms with Gasteiger partial charge in [0.1, 0.15) is 5.75 Å². The number of likely N-dealkylation sites (tertiary alicyclic amines) is 1. The summed E-state index contributed by atoms with van der Waals surface area (Å²) in [4.78, 5) is 27.1. The van der Waals surface area contributed by atoms with Crippen LogP contribution in [0.1, 0.15) is 34.3 Å². The minimum atomic E-state index is -0.178. The van der Waals surface area contributed by atoms with Gasteiger partial charge in [0, 0.05) is 30.8 Å². The van der Waals surface area contributed by atoms with Crippen molar-refractivity contribution < 1.29 is 14.3 Å². The van der Waals surface area contributed by atoms with E-state index >= 15 is 0 Å². The Labute approximate surface area is 160 Å². The van der Waals surface area contributed by atoms with E-state index in [1.54, 1.807) is 12.0 Å². The van der Waals surface area contributed by atoms with Crippen LogP contribution in [0.2, 0.25) is 0 Å². The molecule has 1 aliphatic heterocycles. The van der Waals surface area contributed by atoms with E-state index in [2.05, 4.69) is 5.32 Å². The normalized spacial score (nSPS) is 16.7. The van der Waals surface area contributed by atoms with Crippen molar-refractivity contribution in [2.75, 3.05) is 20.2 Å². The van der Waals surface area contributed by atoms with Crippen molar-refractivity contribution in [3.8, 4) is 5.75 Å². The zero-order valence-electron chi connectivity index (χ0n) is 15.9. The molecule has 1 saturated heterocycles. The predicted octanol–water partition coefficient (Wildman–Crippen LogP) is 3.17. The van der Waals surface area contributed by atoms with Gasteiger partial charge in [-0.05, 0) is 38.0 Å². The summed E-state index contributed by atoms with van der Waals surface area (Å²) in [7, 11) is 1.62. The highest BCUT2D eigenvalue weighted by Gasteiger charge is 2.28. The molecule has 1 N–H and O–H groups in total. The van der Waals surface area contributed by atoms with Crippen LogP contribution < -0.4 is 10.1 Å². The van der Waals surface area contributed by atoms with Gasteiger partial charge in [0.15, 0.2) is 0 Å². The molecule has 5 nitrogen and oxygen atoms in total. The number of piperidine rings is 1. The molecule has 1 unspecified atom stereocenters. The van der Waals surface area contributed by atoms with E-state index in [0.717, 1.165) is 29.7 Å². The molecule has 142 valence electrons. The topological polar surface area (TPSA) is 58.6 Å². The number of amides is 2. The smallest absolute Gasteiger partial charge is 0.253 e.